The lowest BCUT2D eigenvalue weighted by Gasteiger charge is -2.17. The second-order valence-electron chi connectivity index (χ2n) is 6.34. The standard InChI is InChI=1S/C17H18FN5O3/c1-20-16-10-4-2-3-8-9(14(10)21-22-16)5-6-11(13(8)18)23-7-12(15(19)24)26-17(23)25/h5-6,12H,2-4,7H2,1H3,(H2,19,24)(H2,20,21,22)/t12-/m1/s1. The number of primary amides is 1. The van der Waals surface area contributed by atoms with Crippen LogP contribution in [0.2, 0.25) is 0 Å². The van der Waals surface area contributed by atoms with Crippen molar-refractivity contribution >= 4 is 23.5 Å². The summed E-state index contributed by atoms with van der Waals surface area (Å²) in [7, 11) is 1.79. The number of nitrogens with zero attached hydrogens (tertiary/aromatic N) is 2. The van der Waals surface area contributed by atoms with Crippen LogP contribution in [0.5, 0.6) is 0 Å². The monoisotopic (exact) mass is 359 g/mol. The van der Waals surface area contributed by atoms with E-state index < -0.39 is 23.9 Å². The Bertz CT molecular complexity index is 910. The Kier molecular flexibility index (Phi) is 3.78. The smallest absolute Gasteiger partial charge is 0.415 e. The van der Waals surface area contributed by atoms with Crippen LogP contribution in [-0.4, -0.2) is 41.9 Å². The van der Waals surface area contributed by atoms with Crippen molar-refractivity contribution in [2.45, 2.75) is 25.4 Å². The molecule has 1 atom stereocenters. The topological polar surface area (TPSA) is 113 Å². The summed E-state index contributed by atoms with van der Waals surface area (Å²) >= 11 is 0. The average Bonchev–Trinajstić information content (AvgIpc) is 3.14. The molecule has 0 spiro atoms. The van der Waals surface area contributed by atoms with Gasteiger partial charge in [0.05, 0.1) is 17.9 Å². The van der Waals surface area contributed by atoms with Gasteiger partial charge < -0.3 is 15.8 Å². The molecular formula is C17H18FN5O3. The second-order valence-corrected chi connectivity index (χ2v) is 6.34. The molecule has 4 N–H and O–H groups in total. The molecule has 1 aromatic carbocycles. The number of aromatic amines is 1. The maximum atomic E-state index is 15.3. The second kappa shape index (κ2) is 6.01. The highest BCUT2D eigenvalue weighted by Gasteiger charge is 2.38. The zero-order valence-corrected chi connectivity index (χ0v) is 14.1. The molecule has 0 saturated carbocycles. The first-order chi connectivity index (χ1) is 12.5. The number of hydrogen-bond donors (Lipinski definition) is 3. The number of benzene rings is 1. The Labute approximate surface area is 148 Å². The van der Waals surface area contributed by atoms with E-state index in [0.717, 1.165) is 40.4 Å². The molecule has 1 aliphatic heterocycles. The Hall–Kier alpha value is -3.10. The van der Waals surface area contributed by atoms with Crippen molar-refractivity contribution in [1.29, 1.82) is 0 Å². The molecule has 136 valence electrons. The number of anilines is 2. The highest BCUT2D eigenvalue weighted by Crippen LogP contribution is 2.38. The molecule has 26 heavy (non-hydrogen) atoms. The third-order valence-electron chi connectivity index (χ3n) is 4.87. The number of aromatic nitrogens is 2. The van der Waals surface area contributed by atoms with Crippen LogP contribution in [0.4, 0.5) is 20.7 Å². The first kappa shape index (κ1) is 16.4. The molecule has 1 aromatic heterocycles. The van der Waals surface area contributed by atoms with E-state index in [4.69, 9.17) is 10.5 Å². The number of carbonyl (C=O) groups excluding carboxylic acids is 2. The summed E-state index contributed by atoms with van der Waals surface area (Å²) in [6, 6.07) is 3.29. The Morgan fingerprint density at radius 1 is 1.42 bits per heavy atom. The number of nitrogens with one attached hydrogen (secondary N) is 2. The van der Waals surface area contributed by atoms with E-state index in [1.54, 1.807) is 13.1 Å². The van der Waals surface area contributed by atoms with Crippen molar-refractivity contribution in [1.82, 2.24) is 10.2 Å². The summed E-state index contributed by atoms with van der Waals surface area (Å²) in [4.78, 5) is 24.4. The molecule has 0 unspecified atom stereocenters. The van der Waals surface area contributed by atoms with Crippen LogP contribution in [0.25, 0.3) is 11.3 Å². The number of fused-ring (bicyclic) bond motifs is 3. The zero-order valence-electron chi connectivity index (χ0n) is 14.1. The number of ether oxygens (including phenoxy) is 1. The van der Waals surface area contributed by atoms with Gasteiger partial charge in [-0.25, -0.2) is 9.18 Å². The quantitative estimate of drug-likeness (QED) is 0.770. The van der Waals surface area contributed by atoms with Crippen LogP contribution in [0, 0.1) is 5.82 Å². The molecule has 2 aliphatic rings. The van der Waals surface area contributed by atoms with Crippen LogP contribution < -0.4 is 16.0 Å². The number of hydrogen-bond acceptors (Lipinski definition) is 5. The molecule has 1 saturated heterocycles. The lowest BCUT2D eigenvalue weighted by Crippen LogP contribution is -2.33. The molecule has 0 radical (unpaired) electrons. The molecular weight excluding hydrogens is 341 g/mol. The third-order valence-corrected chi connectivity index (χ3v) is 4.87. The Balaban J connectivity index is 1.77. The van der Waals surface area contributed by atoms with E-state index in [1.807, 2.05) is 0 Å². The summed E-state index contributed by atoms with van der Waals surface area (Å²) in [6.07, 6.45) is 0.200. The number of H-pyrrole nitrogens is 1. The van der Waals surface area contributed by atoms with Gasteiger partial charge in [-0.05, 0) is 30.9 Å². The van der Waals surface area contributed by atoms with Gasteiger partial charge in [0.1, 0.15) is 0 Å². The van der Waals surface area contributed by atoms with E-state index in [2.05, 4.69) is 15.5 Å². The first-order valence-corrected chi connectivity index (χ1v) is 8.35. The van der Waals surface area contributed by atoms with E-state index in [9.17, 15) is 9.59 Å². The normalized spacial score (nSPS) is 18.8. The number of nitrogens with two attached hydrogens (primary N) is 1. The summed E-state index contributed by atoms with van der Waals surface area (Å²) in [6.45, 7) is -0.0942. The molecule has 8 nitrogen and oxygen atoms in total. The van der Waals surface area contributed by atoms with Crippen molar-refractivity contribution in [3.63, 3.8) is 0 Å². The van der Waals surface area contributed by atoms with E-state index in [1.165, 1.54) is 6.07 Å². The predicted molar refractivity (Wildman–Crippen MR) is 92.4 cm³/mol. The molecule has 2 aromatic rings. The summed E-state index contributed by atoms with van der Waals surface area (Å²) in [5, 5.41) is 10.2. The van der Waals surface area contributed by atoms with Gasteiger partial charge >= 0.3 is 6.09 Å². The molecule has 1 aliphatic carbocycles. The molecule has 2 amide bonds. The van der Waals surface area contributed by atoms with Crippen LogP contribution in [0.3, 0.4) is 0 Å². The highest BCUT2D eigenvalue weighted by atomic mass is 19.1. The maximum Gasteiger partial charge on any atom is 0.415 e. The van der Waals surface area contributed by atoms with Crippen LogP contribution in [0.1, 0.15) is 17.5 Å². The van der Waals surface area contributed by atoms with Gasteiger partial charge in [0.25, 0.3) is 5.91 Å². The Morgan fingerprint density at radius 3 is 2.88 bits per heavy atom. The fourth-order valence-electron chi connectivity index (χ4n) is 3.58. The van der Waals surface area contributed by atoms with E-state index in [-0.39, 0.29) is 12.2 Å². The van der Waals surface area contributed by atoms with Crippen LogP contribution >= 0.6 is 0 Å². The number of cyclic esters (lactones) is 1. The maximum absolute atomic E-state index is 15.3. The lowest BCUT2D eigenvalue weighted by molar-refractivity contribution is -0.124. The van der Waals surface area contributed by atoms with Gasteiger partial charge in [0.15, 0.2) is 17.7 Å². The number of carbonyl (C=O) groups is 2. The molecule has 9 heteroatoms. The molecule has 1 fully saturated rings. The number of halogens is 1. The molecule has 2 heterocycles. The lowest BCUT2D eigenvalue weighted by atomic mass is 10.00. The predicted octanol–water partition coefficient (Wildman–Crippen LogP) is 1.56. The van der Waals surface area contributed by atoms with Crippen molar-refractivity contribution in [3.05, 3.63) is 29.1 Å². The summed E-state index contributed by atoms with van der Waals surface area (Å²) in [5.41, 5.74) is 8.33. The van der Waals surface area contributed by atoms with Crippen molar-refractivity contribution in [2.75, 3.05) is 23.8 Å². The van der Waals surface area contributed by atoms with Gasteiger partial charge in [-0.1, -0.05) is 6.07 Å². The van der Waals surface area contributed by atoms with Crippen LogP contribution in [-0.2, 0) is 22.4 Å². The van der Waals surface area contributed by atoms with Crippen molar-refractivity contribution in [3.8, 4) is 11.3 Å². The highest BCUT2D eigenvalue weighted by molar-refractivity contribution is 5.95. The fourth-order valence-corrected chi connectivity index (χ4v) is 3.58. The first-order valence-electron chi connectivity index (χ1n) is 8.35. The molecule has 4 rings (SSSR count). The van der Waals surface area contributed by atoms with Gasteiger partial charge in [-0.15, -0.1) is 0 Å². The Morgan fingerprint density at radius 2 is 2.19 bits per heavy atom. The third kappa shape index (κ3) is 2.39. The number of amides is 2. The summed E-state index contributed by atoms with van der Waals surface area (Å²) in [5.74, 6) is -0.486. The van der Waals surface area contributed by atoms with Crippen LogP contribution in [0.15, 0.2) is 12.1 Å². The van der Waals surface area contributed by atoms with Crippen molar-refractivity contribution in [2.24, 2.45) is 5.73 Å². The van der Waals surface area contributed by atoms with E-state index in [0.29, 0.717) is 12.0 Å². The fraction of sp³-hybridized carbons (Fsp3) is 0.353. The minimum absolute atomic E-state index is 0.0919. The zero-order chi connectivity index (χ0) is 18.4. The average molecular weight is 359 g/mol. The van der Waals surface area contributed by atoms with Gasteiger partial charge in [-0.3, -0.25) is 14.8 Å². The van der Waals surface area contributed by atoms with Crippen molar-refractivity contribution < 1.29 is 18.7 Å². The minimum atomic E-state index is -1.07. The van der Waals surface area contributed by atoms with Gasteiger partial charge in [-0.2, -0.15) is 5.10 Å². The minimum Gasteiger partial charge on any atom is -0.434 e. The van der Waals surface area contributed by atoms with Gasteiger partial charge in [0, 0.05) is 18.2 Å². The summed E-state index contributed by atoms with van der Waals surface area (Å²) < 4.78 is 20.2. The molecule has 0 bridgehead atoms. The van der Waals surface area contributed by atoms with Gasteiger partial charge in [0.2, 0.25) is 0 Å². The number of rotatable bonds is 3. The SMILES string of the molecule is CNc1n[nH]c2c1CCCc1c-2ccc(N2C[C@H](C(N)=O)OC2=O)c1F. The largest absolute Gasteiger partial charge is 0.434 e. The van der Waals surface area contributed by atoms with E-state index >= 15 is 4.39 Å².